The monoisotopic (exact) mass is 355 g/mol. The normalized spacial score (nSPS) is 11.1. The number of pyridine rings is 1. The number of aromatic nitrogens is 1. The Kier molecular flexibility index (Phi) is 4.61. The topological polar surface area (TPSA) is 71.1 Å². The van der Waals surface area contributed by atoms with E-state index in [4.69, 9.17) is 0 Å². The molecule has 2 N–H and O–H groups in total. The van der Waals surface area contributed by atoms with Gasteiger partial charge in [-0.25, -0.2) is 13.4 Å². The average molecular weight is 356 g/mol. The molecule has 1 heterocycles. The molecule has 0 radical (unpaired) electrons. The number of hydrogen-bond donors (Lipinski definition) is 2. The van der Waals surface area contributed by atoms with Gasteiger partial charge >= 0.3 is 0 Å². The third-order valence-corrected chi connectivity index (χ3v) is 4.57. The zero-order chi connectivity index (χ0) is 14.6. The molecule has 0 saturated heterocycles. The van der Waals surface area contributed by atoms with Gasteiger partial charge < -0.3 is 5.32 Å². The first kappa shape index (κ1) is 14.8. The van der Waals surface area contributed by atoms with Crippen molar-refractivity contribution in [3.05, 3.63) is 47.1 Å². The van der Waals surface area contributed by atoms with E-state index >= 15 is 0 Å². The summed E-state index contributed by atoms with van der Waals surface area (Å²) in [7, 11) is -3.69. The highest BCUT2D eigenvalue weighted by Gasteiger charge is 2.19. The smallest absolute Gasteiger partial charge is 0.265 e. The highest BCUT2D eigenvalue weighted by atomic mass is 79.9. The van der Waals surface area contributed by atoms with Crippen LogP contribution in [0.25, 0.3) is 0 Å². The van der Waals surface area contributed by atoms with E-state index < -0.39 is 10.0 Å². The summed E-state index contributed by atoms with van der Waals surface area (Å²) in [6, 6.07) is 10.2. The number of nitrogens with zero attached hydrogens (tertiary/aromatic N) is 1. The largest absolute Gasteiger partial charge is 0.384 e. The van der Waals surface area contributed by atoms with Gasteiger partial charge in [0.2, 0.25) is 0 Å². The van der Waals surface area contributed by atoms with E-state index in [-0.39, 0.29) is 10.7 Å². The van der Waals surface area contributed by atoms with Crippen molar-refractivity contribution in [1.29, 1.82) is 0 Å². The van der Waals surface area contributed by atoms with Crippen molar-refractivity contribution in [1.82, 2.24) is 4.98 Å². The Morgan fingerprint density at radius 1 is 1.20 bits per heavy atom. The van der Waals surface area contributed by atoms with E-state index in [0.29, 0.717) is 16.7 Å². The maximum atomic E-state index is 12.4. The summed E-state index contributed by atoms with van der Waals surface area (Å²) < 4.78 is 27.9. The molecule has 0 aliphatic heterocycles. The van der Waals surface area contributed by atoms with Gasteiger partial charge in [0.05, 0.1) is 10.2 Å². The van der Waals surface area contributed by atoms with Gasteiger partial charge in [-0.1, -0.05) is 12.1 Å². The number of para-hydroxylation sites is 1. The van der Waals surface area contributed by atoms with E-state index in [1.54, 1.807) is 36.4 Å². The molecule has 0 bridgehead atoms. The van der Waals surface area contributed by atoms with Crippen molar-refractivity contribution in [3.8, 4) is 0 Å². The molecule has 2 rings (SSSR count). The molecule has 7 heteroatoms. The van der Waals surface area contributed by atoms with E-state index in [2.05, 4.69) is 31.0 Å². The number of anilines is 2. The molecular formula is C13H14BrN3O2S. The van der Waals surface area contributed by atoms with Crippen LogP contribution in [0.1, 0.15) is 6.92 Å². The fourth-order valence-corrected chi connectivity index (χ4v) is 3.38. The minimum absolute atomic E-state index is 0.194. The quantitative estimate of drug-likeness (QED) is 0.864. The lowest BCUT2D eigenvalue weighted by atomic mass is 10.3. The highest BCUT2D eigenvalue weighted by Crippen LogP contribution is 2.25. The second kappa shape index (κ2) is 6.23. The molecule has 1 aromatic heterocycles. The molecule has 2 aromatic rings. The summed E-state index contributed by atoms with van der Waals surface area (Å²) in [6.07, 6.45) is 1.53. The number of sulfonamides is 1. The van der Waals surface area contributed by atoms with Crippen molar-refractivity contribution in [2.24, 2.45) is 0 Å². The van der Waals surface area contributed by atoms with Crippen LogP contribution >= 0.6 is 15.9 Å². The van der Waals surface area contributed by atoms with Gasteiger partial charge in [0.1, 0.15) is 4.90 Å². The predicted molar refractivity (Wildman–Crippen MR) is 83.4 cm³/mol. The van der Waals surface area contributed by atoms with Crippen LogP contribution in [0.2, 0.25) is 0 Å². The number of nitrogens with one attached hydrogen (secondary N) is 2. The van der Waals surface area contributed by atoms with Crippen LogP contribution in [0.15, 0.2) is 52.0 Å². The molecule has 0 saturated carbocycles. The SMILES string of the molecule is CCNc1ccccc1S(=O)(=O)Nc1ncccc1Br. The van der Waals surface area contributed by atoms with Crippen LogP contribution < -0.4 is 10.0 Å². The van der Waals surface area contributed by atoms with Crippen LogP contribution in [-0.4, -0.2) is 19.9 Å². The molecule has 0 amide bonds. The first-order chi connectivity index (χ1) is 9.54. The fraction of sp³-hybridized carbons (Fsp3) is 0.154. The first-order valence-electron chi connectivity index (χ1n) is 6.01. The fourth-order valence-electron chi connectivity index (χ4n) is 1.68. The Labute approximate surface area is 126 Å². The molecule has 5 nitrogen and oxygen atoms in total. The summed E-state index contributed by atoms with van der Waals surface area (Å²) in [4.78, 5) is 4.20. The van der Waals surface area contributed by atoms with Crippen molar-refractivity contribution >= 4 is 37.5 Å². The Hall–Kier alpha value is -1.60. The molecule has 0 aliphatic rings. The Bertz CT molecular complexity index is 704. The minimum Gasteiger partial charge on any atom is -0.384 e. The van der Waals surface area contributed by atoms with Gasteiger partial charge in [0, 0.05) is 12.7 Å². The molecule has 0 atom stereocenters. The van der Waals surface area contributed by atoms with Gasteiger partial charge in [-0.15, -0.1) is 0 Å². The molecule has 0 spiro atoms. The summed E-state index contributed by atoms with van der Waals surface area (Å²) in [5.74, 6) is 0.263. The number of benzene rings is 1. The van der Waals surface area contributed by atoms with Crippen LogP contribution in [0.4, 0.5) is 11.5 Å². The van der Waals surface area contributed by atoms with E-state index in [0.717, 1.165) is 0 Å². The van der Waals surface area contributed by atoms with Crippen LogP contribution in [0.3, 0.4) is 0 Å². The zero-order valence-corrected chi connectivity index (χ0v) is 13.2. The molecule has 1 aromatic carbocycles. The lowest BCUT2D eigenvalue weighted by Gasteiger charge is -2.13. The van der Waals surface area contributed by atoms with Gasteiger partial charge in [-0.05, 0) is 47.1 Å². The summed E-state index contributed by atoms with van der Waals surface area (Å²) in [6.45, 7) is 2.55. The van der Waals surface area contributed by atoms with Gasteiger partial charge in [-0.3, -0.25) is 4.72 Å². The molecule has 0 unspecified atom stereocenters. The number of rotatable bonds is 5. The maximum Gasteiger partial charge on any atom is 0.265 e. The van der Waals surface area contributed by atoms with Gasteiger partial charge in [0.15, 0.2) is 5.82 Å². The molecular weight excluding hydrogens is 342 g/mol. The van der Waals surface area contributed by atoms with Crippen LogP contribution in [-0.2, 0) is 10.0 Å². The molecule has 106 valence electrons. The summed E-state index contributed by atoms with van der Waals surface area (Å²) in [5.41, 5.74) is 0.564. The van der Waals surface area contributed by atoms with Crippen molar-refractivity contribution in [2.45, 2.75) is 11.8 Å². The van der Waals surface area contributed by atoms with Crippen LogP contribution in [0, 0.1) is 0 Å². The third kappa shape index (κ3) is 3.29. The Morgan fingerprint density at radius 3 is 2.65 bits per heavy atom. The van der Waals surface area contributed by atoms with Crippen molar-refractivity contribution < 1.29 is 8.42 Å². The molecule has 20 heavy (non-hydrogen) atoms. The maximum absolute atomic E-state index is 12.4. The van der Waals surface area contributed by atoms with E-state index in [1.165, 1.54) is 6.20 Å². The van der Waals surface area contributed by atoms with Gasteiger partial charge in [-0.2, -0.15) is 0 Å². The Morgan fingerprint density at radius 2 is 1.95 bits per heavy atom. The lowest BCUT2D eigenvalue weighted by Crippen LogP contribution is -2.16. The minimum atomic E-state index is -3.69. The molecule has 0 aliphatic carbocycles. The second-order valence-electron chi connectivity index (χ2n) is 3.97. The predicted octanol–water partition coefficient (Wildman–Crippen LogP) is 3.08. The Balaban J connectivity index is 2.39. The number of halogens is 1. The summed E-state index contributed by atoms with van der Waals surface area (Å²) >= 11 is 3.27. The average Bonchev–Trinajstić information content (AvgIpc) is 2.42. The van der Waals surface area contributed by atoms with E-state index in [9.17, 15) is 8.42 Å². The van der Waals surface area contributed by atoms with E-state index in [1.807, 2.05) is 6.92 Å². The van der Waals surface area contributed by atoms with Crippen LogP contribution in [0.5, 0.6) is 0 Å². The first-order valence-corrected chi connectivity index (χ1v) is 8.28. The second-order valence-corrected chi connectivity index (χ2v) is 6.47. The number of hydrogen-bond acceptors (Lipinski definition) is 4. The lowest BCUT2D eigenvalue weighted by molar-refractivity contribution is 0.601. The molecule has 0 fully saturated rings. The zero-order valence-electron chi connectivity index (χ0n) is 10.8. The third-order valence-electron chi connectivity index (χ3n) is 2.53. The highest BCUT2D eigenvalue weighted by molar-refractivity contribution is 9.10. The standard InChI is InChI=1S/C13H14BrN3O2S/c1-2-15-11-7-3-4-8-12(11)20(18,19)17-13-10(14)6-5-9-16-13/h3-9,15H,2H2,1H3,(H,16,17). The summed E-state index contributed by atoms with van der Waals surface area (Å²) in [5, 5.41) is 3.03. The van der Waals surface area contributed by atoms with Crippen molar-refractivity contribution in [2.75, 3.05) is 16.6 Å². The van der Waals surface area contributed by atoms with Crippen molar-refractivity contribution in [3.63, 3.8) is 0 Å². The van der Waals surface area contributed by atoms with Gasteiger partial charge in [0.25, 0.3) is 10.0 Å².